The van der Waals surface area contributed by atoms with Crippen molar-refractivity contribution in [2.45, 2.75) is 38.5 Å². The largest absolute Gasteiger partial charge is 0.351 e. The number of rotatable bonds is 7. The third-order valence-electron chi connectivity index (χ3n) is 4.39. The van der Waals surface area contributed by atoms with E-state index in [0.29, 0.717) is 12.2 Å². The van der Waals surface area contributed by atoms with E-state index in [4.69, 9.17) is 0 Å². The maximum absolute atomic E-state index is 12.4. The van der Waals surface area contributed by atoms with Crippen LogP contribution in [0.1, 0.15) is 47.4 Å². The summed E-state index contributed by atoms with van der Waals surface area (Å²) in [5.74, 6) is 0.878. The Kier molecular flexibility index (Phi) is 5.05. The zero-order chi connectivity index (χ0) is 16.2. The van der Waals surface area contributed by atoms with Gasteiger partial charge in [0.15, 0.2) is 0 Å². The monoisotopic (exact) mass is 333 g/mol. The lowest BCUT2D eigenvalue weighted by Gasteiger charge is -2.13. The van der Waals surface area contributed by atoms with Crippen LogP contribution in [0.2, 0.25) is 0 Å². The van der Waals surface area contributed by atoms with Crippen LogP contribution in [-0.4, -0.2) is 38.2 Å². The number of nitrogens with one attached hydrogen (secondary N) is 2. The molecule has 2 N–H and O–H groups in total. The summed E-state index contributed by atoms with van der Waals surface area (Å²) < 4.78 is 1.89. The number of aryl methyl sites for hydroxylation is 1. The van der Waals surface area contributed by atoms with Crippen LogP contribution in [-0.2, 0) is 19.9 Å². The molecule has 2 aromatic rings. The number of nitrogens with zero attached hydrogens (tertiary/aromatic N) is 3. The minimum absolute atomic E-state index is 0.0553. The molecule has 23 heavy (non-hydrogen) atoms. The van der Waals surface area contributed by atoms with Gasteiger partial charge in [-0.1, -0.05) is 12.8 Å². The number of unbranched alkanes of at least 4 members (excludes halogenated alkanes) is 3. The van der Waals surface area contributed by atoms with E-state index in [2.05, 4.69) is 33.2 Å². The quantitative estimate of drug-likeness (QED) is 0.537. The first-order valence-corrected chi connectivity index (χ1v) is 8.83. The van der Waals surface area contributed by atoms with Gasteiger partial charge in [0.2, 0.25) is 0 Å². The predicted molar refractivity (Wildman–Crippen MR) is 92.9 cm³/mol. The normalized spacial score (nSPS) is 12.8. The number of thiol groups is 1. The molecule has 0 atom stereocenters. The maximum atomic E-state index is 12.4. The summed E-state index contributed by atoms with van der Waals surface area (Å²) >= 11 is 4.20. The lowest BCUT2D eigenvalue weighted by atomic mass is 9.94. The first-order valence-electron chi connectivity index (χ1n) is 8.20. The molecule has 0 saturated carbocycles. The van der Waals surface area contributed by atoms with Crippen molar-refractivity contribution < 1.29 is 4.79 Å². The molecule has 0 saturated heterocycles. The van der Waals surface area contributed by atoms with Crippen LogP contribution >= 0.6 is 12.6 Å². The second-order valence-electron chi connectivity index (χ2n) is 5.95. The molecule has 2 aromatic heterocycles. The van der Waals surface area contributed by atoms with E-state index in [1.165, 1.54) is 12.1 Å². The van der Waals surface area contributed by atoms with Crippen LogP contribution < -0.4 is 5.32 Å². The second-order valence-corrected chi connectivity index (χ2v) is 6.40. The van der Waals surface area contributed by atoms with Crippen LogP contribution in [0.5, 0.6) is 0 Å². The van der Waals surface area contributed by atoms with Gasteiger partial charge in [0, 0.05) is 30.4 Å². The van der Waals surface area contributed by atoms with Gasteiger partial charge in [-0.15, -0.1) is 0 Å². The van der Waals surface area contributed by atoms with Gasteiger partial charge in [0.1, 0.15) is 5.69 Å². The molecule has 0 spiro atoms. The molecule has 0 fully saturated rings. The molecular weight excluding hydrogens is 310 g/mol. The van der Waals surface area contributed by atoms with Gasteiger partial charge in [-0.25, -0.2) is 0 Å². The van der Waals surface area contributed by atoms with Gasteiger partial charge in [-0.3, -0.25) is 14.6 Å². The zero-order valence-corrected chi connectivity index (χ0v) is 14.3. The summed E-state index contributed by atoms with van der Waals surface area (Å²) in [6.07, 6.45) is 7.98. The highest BCUT2D eigenvalue weighted by Crippen LogP contribution is 2.32. The number of hydrogen-bond donors (Lipinski definition) is 3. The van der Waals surface area contributed by atoms with E-state index >= 15 is 0 Å². The number of H-pyrrole nitrogens is 1. The van der Waals surface area contributed by atoms with Crippen molar-refractivity contribution >= 4 is 18.5 Å². The van der Waals surface area contributed by atoms with E-state index in [0.717, 1.165) is 54.7 Å². The minimum atomic E-state index is -0.0553. The van der Waals surface area contributed by atoms with Crippen LogP contribution in [0.4, 0.5) is 0 Å². The SMILES string of the molecule is Cn1ncc2c1CCc1c-2n[nH]c1C(=O)NCCCCCCS. The minimum Gasteiger partial charge on any atom is -0.351 e. The molecule has 0 bridgehead atoms. The average molecular weight is 333 g/mol. The highest BCUT2D eigenvalue weighted by atomic mass is 32.1. The molecule has 0 aliphatic heterocycles. The van der Waals surface area contributed by atoms with Crippen LogP contribution in [0.25, 0.3) is 11.3 Å². The molecule has 3 rings (SSSR count). The Morgan fingerprint density at radius 2 is 2.17 bits per heavy atom. The number of aromatic nitrogens is 4. The van der Waals surface area contributed by atoms with Crippen molar-refractivity contribution in [3.63, 3.8) is 0 Å². The molecule has 7 heteroatoms. The van der Waals surface area contributed by atoms with Gasteiger partial charge in [-0.2, -0.15) is 22.8 Å². The number of amides is 1. The lowest BCUT2D eigenvalue weighted by molar-refractivity contribution is 0.0947. The summed E-state index contributed by atoms with van der Waals surface area (Å²) in [6, 6.07) is 0. The predicted octanol–water partition coefficient (Wildman–Crippen LogP) is 2.13. The summed E-state index contributed by atoms with van der Waals surface area (Å²) in [4.78, 5) is 12.4. The molecule has 2 heterocycles. The van der Waals surface area contributed by atoms with Gasteiger partial charge < -0.3 is 5.32 Å². The van der Waals surface area contributed by atoms with Crippen LogP contribution in [0.15, 0.2) is 6.20 Å². The number of hydrogen-bond acceptors (Lipinski definition) is 4. The zero-order valence-electron chi connectivity index (χ0n) is 13.4. The van der Waals surface area contributed by atoms with Gasteiger partial charge >= 0.3 is 0 Å². The Labute approximate surface area is 141 Å². The molecule has 0 radical (unpaired) electrons. The fourth-order valence-corrected chi connectivity index (χ4v) is 3.32. The van der Waals surface area contributed by atoms with Crippen molar-refractivity contribution in [3.8, 4) is 11.3 Å². The number of fused-ring (bicyclic) bond motifs is 3. The summed E-state index contributed by atoms with van der Waals surface area (Å²) in [6.45, 7) is 0.706. The smallest absolute Gasteiger partial charge is 0.269 e. The highest BCUT2D eigenvalue weighted by molar-refractivity contribution is 7.80. The Morgan fingerprint density at radius 3 is 3.00 bits per heavy atom. The molecule has 1 aliphatic carbocycles. The van der Waals surface area contributed by atoms with Crippen molar-refractivity contribution in [3.05, 3.63) is 23.1 Å². The highest BCUT2D eigenvalue weighted by Gasteiger charge is 2.27. The van der Waals surface area contributed by atoms with Crippen LogP contribution in [0.3, 0.4) is 0 Å². The third-order valence-corrected chi connectivity index (χ3v) is 4.71. The molecular formula is C16H23N5OS. The van der Waals surface area contributed by atoms with Gasteiger partial charge in [0.25, 0.3) is 5.91 Å². The summed E-state index contributed by atoms with van der Waals surface area (Å²) in [5.41, 5.74) is 4.71. The first kappa shape index (κ1) is 16.1. The van der Waals surface area contributed by atoms with Crippen LogP contribution in [0, 0.1) is 0 Å². The summed E-state index contributed by atoms with van der Waals surface area (Å²) in [5, 5.41) is 14.6. The molecule has 0 aromatic carbocycles. The number of carbonyl (C=O) groups excluding carboxylic acids is 1. The maximum Gasteiger partial charge on any atom is 0.269 e. The Balaban J connectivity index is 1.62. The molecule has 1 amide bonds. The molecule has 1 aliphatic rings. The molecule has 0 unspecified atom stereocenters. The van der Waals surface area contributed by atoms with E-state index in [-0.39, 0.29) is 5.91 Å². The van der Waals surface area contributed by atoms with Gasteiger partial charge in [0.05, 0.1) is 11.9 Å². The number of aromatic amines is 1. The fourth-order valence-electron chi connectivity index (χ4n) is 3.10. The lowest BCUT2D eigenvalue weighted by Crippen LogP contribution is -2.26. The van der Waals surface area contributed by atoms with Crippen molar-refractivity contribution in [2.75, 3.05) is 12.3 Å². The molecule has 6 nitrogen and oxygen atoms in total. The molecule has 124 valence electrons. The Hall–Kier alpha value is -1.76. The second kappa shape index (κ2) is 7.21. The topological polar surface area (TPSA) is 75.6 Å². The van der Waals surface area contributed by atoms with E-state index < -0.39 is 0 Å². The fraction of sp³-hybridized carbons (Fsp3) is 0.562. The first-order chi connectivity index (χ1) is 11.2. The van der Waals surface area contributed by atoms with E-state index in [1.807, 2.05) is 17.9 Å². The number of carbonyl (C=O) groups is 1. The average Bonchev–Trinajstić information content (AvgIpc) is 3.14. The van der Waals surface area contributed by atoms with Crippen molar-refractivity contribution in [1.29, 1.82) is 0 Å². The Bertz CT molecular complexity index is 691. The van der Waals surface area contributed by atoms with Gasteiger partial charge in [-0.05, 0) is 31.4 Å². The van der Waals surface area contributed by atoms with E-state index in [1.54, 1.807) is 0 Å². The standard InChI is InChI=1S/C16H23N5OS/c1-21-13-7-6-11-14(12(13)10-18-21)19-20-15(11)16(22)17-8-4-2-3-5-9-23/h10,23H,2-9H2,1H3,(H,17,22)(H,19,20). The van der Waals surface area contributed by atoms with Crippen molar-refractivity contribution in [1.82, 2.24) is 25.3 Å². The summed E-state index contributed by atoms with van der Waals surface area (Å²) in [7, 11) is 1.94. The van der Waals surface area contributed by atoms with E-state index in [9.17, 15) is 4.79 Å². The Morgan fingerprint density at radius 1 is 1.35 bits per heavy atom. The van der Waals surface area contributed by atoms with Crippen molar-refractivity contribution in [2.24, 2.45) is 7.05 Å². The third kappa shape index (κ3) is 3.29.